The van der Waals surface area contributed by atoms with Gasteiger partial charge in [-0.1, -0.05) is 0 Å². The summed E-state index contributed by atoms with van der Waals surface area (Å²) in [6.45, 7) is 6.82. The first-order valence-electron chi connectivity index (χ1n) is 6.91. The second-order valence-corrected chi connectivity index (χ2v) is 5.74. The number of hydrogen-bond donors (Lipinski definition) is 0. The van der Waals surface area contributed by atoms with Gasteiger partial charge in [0.25, 0.3) is 0 Å². The first-order valence-corrected chi connectivity index (χ1v) is 6.91. The number of methoxy groups -OCH3 is 1. The smallest absolute Gasteiger partial charge is 0.129 e. The number of benzene rings is 1. The second kappa shape index (κ2) is 4.94. The highest BCUT2D eigenvalue weighted by molar-refractivity contribution is 5.88. The van der Waals surface area contributed by atoms with Crippen molar-refractivity contribution in [1.82, 2.24) is 4.98 Å². The zero-order chi connectivity index (χ0) is 14.2. The molecule has 0 atom stereocenters. The van der Waals surface area contributed by atoms with E-state index < -0.39 is 0 Å². The molecule has 0 aliphatic carbocycles. The summed E-state index contributed by atoms with van der Waals surface area (Å²) in [5.74, 6) is 0.865. The predicted molar refractivity (Wildman–Crippen MR) is 80.5 cm³/mol. The van der Waals surface area contributed by atoms with Crippen molar-refractivity contribution in [2.75, 3.05) is 31.7 Å². The van der Waals surface area contributed by atoms with Gasteiger partial charge >= 0.3 is 0 Å². The molecule has 1 saturated heterocycles. The van der Waals surface area contributed by atoms with Crippen LogP contribution in [-0.2, 0) is 4.74 Å². The molecule has 1 aliphatic rings. The molecular formula is C16H20N2O2. The molecule has 1 aliphatic heterocycles. The number of rotatable bonds is 2. The van der Waals surface area contributed by atoms with Gasteiger partial charge < -0.3 is 14.4 Å². The SMILES string of the molecule is COc1ccnc2ccc(N3CCOC(C)(C)C3)cc12. The predicted octanol–water partition coefficient (Wildman–Crippen LogP) is 2.86. The van der Waals surface area contributed by atoms with Crippen molar-refractivity contribution in [2.45, 2.75) is 19.4 Å². The number of aromatic nitrogens is 1. The Balaban J connectivity index is 2.00. The van der Waals surface area contributed by atoms with E-state index in [2.05, 4.69) is 41.9 Å². The van der Waals surface area contributed by atoms with Gasteiger partial charge in [0.1, 0.15) is 5.75 Å². The molecular weight excluding hydrogens is 252 g/mol. The number of ether oxygens (including phenoxy) is 2. The Kier molecular flexibility index (Phi) is 3.26. The molecule has 106 valence electrons. The maximum absolute atomic E-state index is 5.77. The minimum atomic E-state index is -0.105. The highest BCUT2D eigenvalue weighted by Crippen LogP contribution is 2.30. The Morgan fingerprint density at radius 1 is 1.30 bits per heavy atom. The topological polar surface area (TPSA) is 34.6 Å². The lowest BCUT2D eigenvalue weighted by molar-refractivity contribution is -0.0276. The molecule has 1 fully saturated rings. The van der Waals surface area contributed by atoms with Crippen molar-refractivity contribution >= 4 is 16.6 Å². The highest BCUT2D eigenvalue weighted by Gasteiger charge is 2.27. The average molecular weight is 272 g/mol. The van der Waals surface area contributed by atoms with Gasteiger partial charge in [-0.3, -0.25) is 4.98 Å². The third-order valence-electron chi connectivity index (χ3n) is 3.70. The number of fused-ring (bicyclic) bond motifs is 1. The fraction of sp³-hybridized carbons (Fsp3) is 0.438. The minimum Gasteiger partial charge on any atom is -0.496 e. The lowest BCUT2D eigenvalue weighted by atomic mass is 10.1. The zero-order valence-electron chi connectivity index (χ0n) is 12.2. The van der Waals surface area contributed by atoms with Crippen LogP contribution in [0.15, 0.2) is 30.5 Å². The minimum absolute atomic E-state index is 0.105. The lowest BCUT2D eigenvalue weighted by Crippen LogP contribution is -2.48. The molecule has 4 heteroatoms. The van der Waals surface area contributed by atoms with E-state index in [4.69, 9.17) is 9.47 Å². The van der Waals surface area contributed by atoms with Crippen LogP contribution in [0, 0.1) is 0 Å². The van der Waals surface area contributed by atoms with Crippen molar-refractivity contribution in [1.29, 1.82) is 0 Å². The standard InChI is InChI=1S/C16H20N2O2/c1-16(2)11-18(8-9-20-16)12-4-5-14-13(10-12)15(19-3)6-7-17-14/h4-7,10H,8-9,11H2,1-3H3. The fourth-order valence-corrected chi connectivity index (χ4v) is 2.72. The molecule has 2 heterocycles. The van der Waals surface area contributed by atoms with Crippen LogP contribution in [0.1, 0.15) is 13.8 Å². The third-order valence-corrected chi connectivity index (χ3v) is 3.70. The van der Waals surface area contributed by atoms with Crippen LogP contribution < -0.4 is 9.64 Å². The maximum Gasteiger partial charge on any atom is 0.129 e. The van der Waals surface area contributed by atoms with E-state index in [-0.39, 0.29) is 5.60 Å². The average Bonchev–Trinajstić information content (AvgIpc) is 2.45. The van der Waals surface area contributed by atoms with Crippen molar-refractivity contribution < 1.29 is 9.47 Å². The number of morpholine rings is 1. The van der Waals surface area contributed by atoms with Gasteiger partial charge in [0.2, 0.25) is 0 Å². The Morgan fingerprint density at radius 2 is 2.15 bits per heavy atom. The number of anilines is 1. The van der Waals surface area contributed by atoms with Gasteiger partial charge in [0, 0.05) is 30.4 Å². The maximum atomic E-state index is 5.77. The summed E-state index contributed by atoms with van der Waals surface area (Å²) < 4.78 is 11.2. The number of pyridine rings is 1. The van der Waals surface area contributed by atoms with Crippen LogP contribution in [0.4, 0.5) is 5.69 Å². The molecule has 3 rings (SSSR count). The van der Waals surface area contributed by atoms with Gasteiger partial charge in [-0.05, 0) is 38.1 Å². The van der Waals surface area contributed by atoms with E-state index in [1.165, 1.54) is 5.69 Å². The Hall–Kier alpha value is -1.81. The summed E-state index contributed by atoms with van der Waals surface area (Å²) in [6, 6.07) is 8.23. The van der Waals surface area contributed by atoms with E-state index in [1.807, 2.05) is 6.07 Å². The summed E-state index contributed by atoms with van der Waals surface area (Å²) in [6.07, 6.45) is 1.78. The van der Waals surface area contributed by atoms with Crippen LogP contribution in [0.25, 0.3) is 10.9 Å². The highest BCUT2D eigenvalue weighted by atomic mass is 16.5. The number of hydrogen-bond acceptors (Lipinski definition) is 4. The van der Waals surface area contributed by atoms with Crippen molar-refractivity contribution in [3.8, 4) is 5.75 Å². The van der Waals surface area contributed by atoms with Gasteiger partial charge in [-0.25, -0.2) is 0 Å². The Labute approximate surface area is 119 Å². The Bertz CT molecular complexity index is 625. The molecule has 0 radical (unpaired) electrons. The molecule has 20 heavy (non-hydrogen) atoms. The zero-order valence-corrected chi connectivity index (χ0v) is 12.2. The monoisotopic (exact) mass is 272 g/mol. The van der Waals surface area contributed by atoms with E-state index in [0.717, 1.165) is 36.3 Å². The van der Waals surface area contributed by atoms with E-state index in [9.17, 15) is 0 Å². The summed E-state index contributed by atoms with van der Waals surface area (Å²) in [5, 5.41) is 1.05. The fourth-order valence-electron chi connectivity index (χ4n) is 2.72. The molecule has 0 saturated carbocycles. The molecule has 1 aromatic carbocycles. The van der Waals surface area contributed by atoms with Crippen LogP contribution in [0.3, 0.4) is 0 Å². The van der Waals surface area contributed by atoms with Crippen LogP contribution >= 0.6 is 0 Å². The van der Waals surface area contributed by atoms with E-state index in [1.54, 1.807) is 13.3 Å². The third kappa shape index (κ3) is 2.43. The van der Waals surface area contributed by atoms with Crippen molar-refractivity contribution in [3.05, 3.63) is 30.5 Å². The largest absolute Gasteiger partial charge is 0.496 e. The first kappa shape index (κ1) is 13.2. The molecule has 0 unspecified atom stereocenters. The quantitative estimate of drug-likeness (QED) is 0.842. The van der Waals surface area contributed by atoms with Gasteiger partial charge in [0.15, 0.2) is 0 Å². The molecule has 0 N–H and O–H groups in total. The van der Waals surface area contributed by atoms with Crippen LogP contribution in [0.2, 0.25) is 0 Å². The molecule has 4 nitrogen and oxygen atoms in total. The summed E-state index contributed by atoms with van der Waals surface area (Å²) in [4.78, 5) is 6.74. The molecule has 0 spiro atoms. The Morgan fingerprint density at radius 3 is 2.90 bits per heavy atom. The van der Waals surface area contributed by atoms with Crippen molar-refractivity contribution in [3.63, 3.8) is 0 Å². The summed E-state index contributed by atoms with van der Waals surface area (Å²) in [7, 11) is 1.69. The van der Waals surface area contributed by atoms with Gasteiger partial charge in [0.05, 0.1) is 24.8 Å². The first-order chi connectivity index (χ1) is 9.59. The van der Waals surface area contributed by atoms with Crippen LogP contribution in [0.5, 0.6) is 5.75 Å². The van der Waals surface area contributed by atoms with Gasteiger partial charge in [-0.2, -0.15) is 0 Å². The molecule has 2 aromatic rings. The van der Waals surface area contributed by atoms with E-state index in [0.29, 0.717) is 0 Å². The van der Waals surface area contributed by atoms with Crippen molar-refractivity contribution in [2.24, 2.45) is 0 Å². The summed E-state index contributed by atoms with van der Waals surface area (Å²) >= 11 is 0. The lowest BCUT2D eigenvalue weighted by Gasteiger charge is -2.39. The summed E-state index contributed by atoms with van der Waals surface area (Å²) in [5.41, 5.74) is 2.05. The second-order valence-electron chi connectivity index (χ2n) is 5.74. The van der Waals surface area contributed by atoms with Gasteiger partial charge in [-0.15, -0.1) is 0 Å². The van der Waals surface area contributed by atoms with Crippen LogP contribution in [-0.4, -0.2) is 37.4 Å². The van der Waals surface area contributed by atoms with E-state index >= 15 is 0 Å². The molecule has 1 aromatic heterocycles. The molecule has 0 amide bonds. The molecule has 0 bridgehead atoms. The number of nitrogens with zero attached hydrogens (tertiary/aromatic N) is 2. The normalized spacial score (nSPS) is 18.2.